The number of likely N-dealkylation sites (tertiary alicyclic amines) is 1. The molecule has 1 aromatic carbocycles. The van der Waals surface area contributed by atoms with Gasteiger partial charge in [-0.05, 0) is 31.0 Å². The van der Waals surface area contributed by atoms with E-state index in [0.29, 0.717) is 43.7 Å². The third-order valence-corrected chi connectivity index (χ3v) is 4.79. The largest absolute Gasteiger partial charge is 0.486 e. The second-order valence-electron chi connectivity index (χ2n) is 6.69. The van der Waals surface area contributed by atoms with Crippen LogP contribution >= 0.6 is 0 Å². The van der Waals surface area contributed by atoms with Gasteiger partial charge in [0.1, 0.15) is 18.0 Å². The predicted octanol–water partition coefficient (Wildman–Crippen LogP) is 3.43. The zero-order valence-corrected chi connectivity index (χ0v) is 14.3. The van der Waals surface area contributed by atoms with E-state index in [2.05, 4.69) is 6.58 Å². The van der Waals surface area contributed by atoms with E-state index in [1.54, 1.807) is 11.0 Å². The molecular formula is C19H23NO4. The average Bonchev–Trinajstić information content (AvgIpc) is 2.52. The van der Waals surface area contributed by atoms with Gasteiger partial charge in [0.15, 0.2) is 5.78 Å². The van der Waals surface area contributed by atoms with E-state index < -0.39 is 5.60 Å². The number of aryl methyl sites for hydroxylation is 2. The second-order valence-corrected chi connectivity index (χ2v) is 6.69. The molecule has 1 fully saturated rings. The molecule has 2 heterocycles. The summed E-state index contributed by atoms with van der Waals surface area (Å²) in [5.74, 6) is 0.822. The molecule has 0 radical (unpaired) electrons. The summed E-state index contributed by atoms with van der Waals surface area (Å²) in [5, 5.41) is 0. The minimum atomic E-state index is -0.500. The fourth-order valence-corrected chi connectivity index (χ4v) is 3.61. The van der Waals surface area contributed by atoms with Crippen LogP contribution in [0.1, 0.15) is 40.7 Å². The van der Waals surface area contributed by atoms with Crippen molar-refractivity contribution in [2.24, 2.45) is 0 Å². The van der Waals surface area contributed by atoms with Crippen LogP contribution in [0.15, 0.2) is 24.8 Å². The molecule has 128 valence electrons. The van der Waals surface area contributed by atoms with Crippen molar-refractivity contribution in [2.75, 3.05) is 19.7 Å². The van der Waals surface area contributed by atoms with Gasteiger partial charge >= 0.3 is 6.09 Å². The van der Waals surface area contributed by atoms with Crippen molar-refractivity contribution in [1.82, 2.24) is 4.90 Å². The number of benzene rings is 1. The first kappa shape index (κ1) is 16.6. The third kappa shape index (κ3) is 3.03. The van der Waals surface area contributed by atoms with Gasteiger partial charge in [0.2, 0.25) is 0 Å². The van der Waals surface area contributed by atoms with E-state index in [9.17, 15) is 9.59 Å². The Labute approximate surface area is 142 Å². The molecule has 1 spiro atoms. The normalized spacial score (nSPS) is 18.8. The van der Waals surface area contributed by atoms with Gasteiger partial charge in [-0.3, -0.25) is 4.79 Å². The highest BCUT2D eigenvalue weighted by molar-refractivity contribution is 6.01. The fourth-order valence-electron chi connectivity index (χ4n) is 3.61. The average molecular weight is 329 g/mol. The molecule has 1 saturated heterocycles. The lowest BCUT2D eigenvalue weighted by Gasteiger charge is -2.43. The van der Waals surface area contributed by atoms with Crippen LogP contribution in [0.4, 0.5) is 4.79 Å². The van der Waals surface area contributed by atoms with E-state index in [-0.39, 0.29) is 18.5 Å². The summed E-state index contributed by atoms with van der Waals surface area (Å²) < 4.78 is 11.4. The minimum absolute atomic E-state index is 0.136. The van der Waals surface area contributed by atoms with Crippen molar-refractivity contribution in [2.45, 2.75) is 38.7 Å². The first-order valence-electron chi connectivity index (χ1n) is 8.30. The van der Waals surface area contributed by atoms with E-state index in [4.69, 9.17) is 9.47 Å². The zero-order chi connectivity index (χ0) is 17.3. The Kier molecular flexibility index (Phi) is 4.35. The summed E-state index contributed by atoms with van der Waals surface area (Å²) in [6.07, 6.45) is 2.86. The highest BCUT2D eigenvalue weighted by Gasteiger charge is 2.44. The molecule has 0 aliphatic carbocycles. The van der Waals surface area contributed by atoms with Crippen LogP contribution in [0.25, 0.3) is 0 Å². The van der Waals surface area contributed by atoms with Crippen LogP contribution in [0, 0.1) is 13.8 Å². The van der Waals surface area contributed by atoms with Gasteiger partial charge in [0, 0.05) is 25.9 Å². The van der Waals surface area contributed by atoms with Crippen LogP contribution in [0.2, 0.25) is 0 Å². The monoisotopic (exact) mass is 329 g/mol. The topological polar surface area (TPSA) is 55.8 Å². The second kappa shape index (κ2) is 6.30. The number of carbonyl (C=O) groups excluding carboxylic acids is 2. The lowest BCUT2D eigenvalue weighted by molar-refractivity contribution is -0.00821. The van der Waals surface area contributed by atoms with E-state index in [1.165, 1.54) is 0 Å². The van der Waals surface area contributed by atoms with Crippen LogP contribution < -0.4 is 4.74 Å². The number of nitrogens with zero attached hydrogens (tertiary/aromatic N) is 1. The maximum atomic E-state index is 12.7. The number of Topliss-reactive ketones (excluding diaryl/α,β-unsaturated/α-hetero) is 1. The molecule has 0 bridgehead atoms. The van der Waals surface area contributed by atoms with E-state index >= 15 is 0 Å². The summed E-state index contributed by atoms with van der Waals surface area (Å²) in [4.78, 5) is 26.2. The number of ketones is 1. The van der Waals surface area contributed by atoms with Crippen molar-refractivity contribution in [1.29, 1.82) is 0 Å². The standard InChI is InChI=1S/C19H23NO4/c1-4-9-23-18(22)20-7-5-19(6-8-20)12-15(21)17-14(3)10-13(2)11-16(17)24-19/h4,10-11H,1,5-9,12H2,2-3H3. The Balaban J connectivity index is 1.74. The summed E-state index contributed by atoms with van der Waals surface area (Å²) in [7, 11) is 0. The molecule has 2 aliphatic heterocycles. The molecular weight excluding hydrogens is 306 g/mol. The maximum Gasteiger partial charge on any atom is 0.410 e. The third-order valence-electron chi connectivity index (χ3n) is 4.79. The summed E-state index contributed by atoms with van der Waals surface area (Å²) >= 11 is 0. The first-order chi connectivity index (χ1) is 11.4. The van der Waals surface area contributed by atoms with Crippen LogP contribution in [0.5, 0.6) is 5.75 Å². The van der Waals surface area contributed by atoms with Crippen molar-refractivity contribution >= 4 is 11.9 Å². The Morgan fingerprint density at radius 3 is 2.75 bits per heavy atom. The zero-order valence-electron chi connectivity index (χ0n) is 14.3. The van der Waals surface area contributed by atoms with Gasteiger partial charge in [-0.1, -0.05) is 18.7 Å². The Hall–Kier alpha value is -2.30. The molecule has 0 saturated carbocycles. The molecule has 0 aromatic heterocycles. The van der Waals surface area contributed by atoms with Gasteiger partial charge in [-0.2, -0.15) is 0 Å². The quantitative estimate of drug-likeness (QED) is 0.780. The molecule has 5 nitrogen and oxygen atoms in total. The van der Waals surface area contributed by atoms with Gasteiger partial charge in [-0.25, -0.2) is 4.79 Å². The number of rotatable bonds is 2. The van der Waals surface area contributed by atoms with Crippen LogP contribution in [-0.4, -0.2) is 42.1 Å². The lowest BCUT2D eigenvalue weighted by atomic mass is 9.81. The highest BCUT2D eigenvalue weighted by Crippen LogP contribution is 2.41. The number of carbonyl (C=O) groups is 2. The van der Waals surface area contributed by atoms with Crippen molar-refractivity contribution in [3.8, 4) is 5.75 Å². The Morgan fingerprint density at radius 1 is 1.38 bits per heavy atom. The van der Waals surface area contributed by atoms with Gasteiger partial charge in [0.25, 0.3) is 0 Å². The molecule has 0 N–H and O–H groups in total. The van der Waals surface area contributed by atoms with Gasteiger partial charge in [-0.15, -0.1) is 0 Å². The number of hydrogen-bond donors (Lipinski definition) is 0. The van der Waals surface area contributed by atoms with Crippen LogP contribution in [-0.2, 0) is 4.74 Å². The summed E-state index contributed by atoms with van der Waals surface area (Å²) in [5.41, 5.74) is 2.26. The molecule has 2 aliphatic rings. The Morgan fingerprint density at radius 2 is 2.08 bits per heavy atom. The van der Waals surface area contributed by atoms with Crippen molar-refractivity contribution in [3.05, 3.63) is 41.5 Å². The summed E-state index contributed by atoms with van der Waals surface area (Å²) in [6.45, 7) is 8.76. The molecule has 0 atom stereocenters. The smallest absolute Gasteiger partial charge is 0.410 e. The molecule has 1 amide bonds. The molecule has 24 heavy (non-hydrogen) atoms. The molecule has 1 aromatic rings. The van der Waals surface area contributed by atoms with Crippen LogP contribution in [0.3, 0.4) is 0 Å². The van der Waals surface area contributed by atoms with Gasteiger partial charge < -0.3 is 14.4 Å². The maximum absolute atomic E-state index is 12.7. The van der Waals surface area contributed by atoms with E-state index in [0.717, 1.165) is 11.1 Å². The molecule has 3 rings (SSSR count). The number of ether oxygens (including phenoxy) is 2. The van der Waals surface area contributed by atoms with Crippen molar-refractivity contribution in [3.63, 3.8) is 0 Å². The number of amides is 1. The number of hydrogen-bond acceptors (Lipinski definition) is 4. The molecule has 0 unspecified atom stereocenters. The minimum Gasteiger partial charge on any atom is -0.486 e. The van der Waals surface area contributed by atoms with Crippen molar-refractivity contribution < 1.29 is 19.1 Å². The SMILES string of the molecule is C=CCOC(=O)N1CCC2(CC1)CC(=O)c1c(C)cc(C)cc1O2. The predicted molar refractivity (Wildman–Crippen MR) is 90.6 cm³/mol. The number of fused-ring (bicyclic) bond motifs is 1. The molecule has 5 heteroatoms. The number of piperidine rings is 1. The lowest BCUT2D eigenvalue weighted by Crippen LogP contribution is -2.52. The first-order valence-corrected chi connectivity index (χ1v) is 8.30. The summed E-state index contributed by atoms with van der Waals surface area (Å²) in [6, 6.07) is 3.95. The Bertz CT molecular complexity index is 687. The highest BCUT2D eigenvalue weighted by atomic mass is 16.6. The van der Waals surface area contributed by atoms with Gasteiger partial charge in [0.05, 0.1) is 12.0 Å². The fraction of sp³-hybridized carbons (Fsp3) is 0.474. The van der Waals surface area contributed by atoms with E-state index in [1.807, 2.05) is 26.0 Å².